The van der Waals surface area contributed by atoms with Gasteiger partial charge < -0.3 is 47.8 Å². The quantitative estimate of drug-likeness (QED) is 0.203. The second-order valence-corrected chi connectivity index (χ2v) is 10.4. The number of aromatic hydroxyl groups is 1. The Hall–Kier alpha value is -4.04. The number of hydrogen-bond donors (Lipinski definition) is 7. The number of piperidine rings is 1. The molecule has 0 saturated carbocycles. The number of amides is 1. The van der Waals surface area contributed by atoms with E-state index < -0.39 is 6.10 Å². The van der Waals surface area contributed by atoms with Crippen LogP contribution in [0.25, 0.3) is 0 Å². The maximum Gasteiger partial charge on any atom is 0.255 e. The van der Waals surface area contributed by atoms with Gasteiger partial charge in [0.1, 0.15) is 5.75 Å². The number of carbonyl (C=O) groups excluding carboxylic acids is 1. The van der Waals surface area contributed by atoms with Gasteiger partial charge in [-0.2, -0.15) is 15.0 Å². The molecule has 1 amide bonds. The lowest BCUT2D eigenvalue weighted by atomic mass is 10.0. The predicted molar refractivity (Wildman–Crippen MR) is 154 cm³/mol. The van der Waals surface area contributed by atoms with E-state index >= 15 is 0 Å². The van der Waals surface area contributed by atoms with Crippen LogP contribution in [0.3, 0.4) is 0 Å². The second kappa shape index (κ2) is 11.6. The van der Waals surface area contributed by atoms with Crippen molar-refractivity contribution in [1.82, 2.24) is 15.0 Å². The fraction of sp³-hybridized carbons (Fsp3) is 0.407. The molecule has 10 N–H and O–H groups in total. The molecule has 0 spiro atoms. The van der Waals surface area contributed by atoms with Crippen LogP contribution in [0.5, 0.6) is 5.75 Å². The number of phenolic OH excluding ortho intramolecular Hbond substituents is 1. The maximum absolute atomic E-state index is 12.6. The summed E-state index contributed by atoms with van der Waals surface area (Å²) in [5.41, 5.74) is 20.7. The van der Waals surface area contributed by atoms with Gasteiger partial charge in [0.05, 0.1) is 17.8 Å². The van der Waals surface area contributed by atoms with E-state index in [0.29, 0.717) is 55.6 Å². The summed E-state index contributed by atoms with van der Waals surface area (Å²) in [6.45, 7) is 3.81. The van der Waals surface area contributed by atoms with Crippen molar-refractivity contribution < 1.29 is 15.0 Å². The summed E-state index contributed by atoms with van der Waals surface area (Å²) in [6.07, 6.45) is 0.673. The largest absolute Gasteiger partial charge is 0.506 e. The number of benzene rings is 2. The van der Waals surface area contributed by atoms with Crippen LogP contribution >= 0.6 is 0 Å². The zero-order valence-corrected chi connectivity index (χ0v) is 22.4. The highest BCUT2D eigenvalue weighted by atomic mass is 16.3. The molecule has 13 nitrogen and oxygen atoms in total. The molecular weight excluding hydrogens is 512 g/mol. The van der Waals surface area contributed by atoms with Crippen LogP contribution < -0.4 is 37.6 Å². The number of aliphatic hydroxyl groups is 1. The van der Waals surface area contributed by atoms with Crippen molar-refractivity contribution in [3.8, 4) is 5.75 Å². The first kappa shape index (κ1) is 27.5. The van der Waals surface area contributed by atoms with Crippen LogP contribution in [0, 0.1) is 6.92 Å². The summed E-state index contributed by atoms with van der Waals surface area (Å²) in [4.78, 5) is 30.3. The van der Waals surface area contributed by atoms with Gasteiger partial charge in [0.2, 0.25) is 17.8 Å². The minimum Gasteiger partial charge on any atom is -0.506 e. The molecule has 2 aliphatic heterocycles. The Bertz CT molecular complexity index is 1340. The van der Waals surface area contributed by atoms with Crippen molar-refractivity contribution in [1.29, 1.82) is 0 Å². The Balaban J connectivity index is 1.40. The summed E-state index contributed by atoms with van der Waals surface area (Å²) in [6, 6.07) is 11.4. The zero-order chi connectivity index (χ0) is 28.4. The molecule has 5 rings (SSSR count). The van der Waals surface area contributed by atoms with Crippen LogP contribution in [-0.2, 0) is 0 Å². The molecular formula is C27H36N10O3. The van der Waals surface area contributed by atoms with Gasteiger partial charge in [-0.25, -0.2) is 0 Å². The summed E-state index contributed by atoms with van der Waals surface area (Å²) in [7, 11) is 0. The first-order valence-corrected chi connectivity index (χ1v) is 13.3. The maximum atomic E-state index is 12.6. The minimum absolute atomic E-state index is 0.120. The normalized spacial score (nSPS) is 22.8. The van der Waals surface area contributed by atoms with Crippen molar-refractivity contribution >= 4 is 35.1 Å². The van der Waals surface area contributed by atoms with Gasteiger partial charge in [-0.15, -0.1) is 0 Å². The third-order valence-corrected chi connectivity index (χ3v) is 7.23. The molecule has 3 heterocycles. The first-order valence-electron chi connectivity index (χ1n) is 13.3. The predicted octanol–water partition coefficient (Wildman–Crippen LogP) is 0.645. The number of aryl methyl sites for hydroxylation is 1. The Kier molecular flexibility index (Phi) is 7.98. The van der Waals surface area contributed by atoms with E-state index in [1.165, 1.54) is 6.07 Å². The zero-order valence-electron chi connectivity index (χ0n) is 22.4. The van der Waals surface area contributed by atoms with E-state index in [-0.39, 0.29) is 48.0 Å². The van der Waals surface area contributed by atoms with E-state index in [1.54, 1.807) is 24.3 Å². The number of nitrogens with zero attached hydrogens (tertiary/aromatic N) is 5. The fourth-order valence-corrected chi connectivity index (χ4v) is 5.14. The summed E-state index contributed by atoms with van der Waals surface area (Å²) < 4.78 is 0. The molecule has 0 aliphatic carbocycles. The number of nitrogens with one attached hydrogen (secondary N) is 2. The third-order valence-electron chi connectivity index (χ3n) is 7.23. The Morgan fingerprint density at radius 1 is 1.05 bits per heavy atom. The van der Waals surface area contributed by atoms with E-state index in [1.807, 2.05) is 28.9 Å². The fourth-order valence-electron chi connectivity index (χ4n) is 5.14. The molecule has 2 aromatic carbocycles. The van der Waals surface area contributed by atoms with E-state index in [0.717, 1.165) is 5.56 Å². The number of rotatable bonds is 7. The topological polar surface area (TPSA) is 205 Å². The van der Waals surface area contributed by atoms with E-state index in [2.05, 4.69) is 20.6 Å². The lowest BCUT2D eigenvalue weighted by molar-refractivity contribution is 0.102. The Morgan fingerprint density at radius 2 is 1.75 bits per heavy atom. The van der Waals surface area contributed by atoms with Crippen LogP contribution in [-0.4, -0.2) is 81.5 Å². The van der Waals surface area contributed by atoms with E-state index in [4.69, 9.17) is 22.2 Å². The average molecular weight is 549 g/mol. The number of aromatic nitrogens is 3. The average Bonchev–Trinajstić information content (AvgIpc) is 3.30. The molecule has 212 valence electrons. The van der Waals surface area contributed by atoms with Crippen molar-refractivity contribution in [3.05, 3.63) is 53.6 Å². The number of aliphatic hydroxyl groups excluding tert-OH is 1. The first-order chi connectivity index (χ1) is 19.2. The summed E-state index contributed by atoms with van der Waals surface area (Å²) in [5, 5.41) is 26.9. The molecule has 0 unspecified atom stereocenters. The Labute approximate surface area is 232 Å². The molecule has 2 aliphatic rings. The SMILES string of the molecule is Cc1ccc(C(=O)Nc2ccc(Nc3nc(N4C[C@H](N)C[C@H](N)C4)nc(N4CC[C@@H](O)[C@H]4CN)n3)cc2O)cc1. The number of nitrogens with two attached hydrogens (primary N) is 3. The molecule has 0 radical (unpaired) electrons. The van der Waals surface area contributed by atoms with Gasteiger partial charge in [-0.05, 0) is 44.0 Å². The van der Waals surface area contributed by atoms with Crippen LogP contribution in [0.4, 0.5) is 29.2 Å². The highest BCUT2D eigenvalue weighted by Crippen LogP contribution is 2.30. The lowest BCUT2D eigenvalue weighted by Gasteiger charge is -2.35. The van der Waals surface area contributed by atoms with Crippen LogP contribution in [0.15, 0.2) is 42.5 Å². The molecule has 4 atom stereocenters. The van der Waals surface area contributed by atoms with Crippen molar-refractivity contribution in [2.75, 3.05) is 46.6 Å². The molecule has 40 heavy (non-hydrogen) atoms. The molecule has 1 aromatic heterocycles. The molecule has 2 saturated heterocycles. The van der Waals surface area contributed by atoms with Gasteiger partial charge in [0, 0.05) is 55.6 Å². The molecule has 13 heteroatoms. The van der Waals surface area contributed by atoms with Gasteiger partial charge >= 0.3 is 0 Å². The van der Waals surface area contributed by atoms with Crippen molar-refractivity contribution in [2.24, 2.45) is 17.2 Å². The molecule has 3 aromatic rings. The van der Waals surface area contributed by atoms with Crippen LogP contribution in [0.1, 0.15) is 28.8 Å². The van der Waals surface area contributed by atoms with Crippen molar-refractivity contribution in [3.63, 3.8) is 0 Å². The van der Waals surface area contributed by atoms with Gasteiger partial charge in [-0.3, -0.25) is 4.79 Å². The summed E-state index contributed by atoms with van der Waals surface area (Å²) in [5.74, 6) is 0.558. The van der Waals surface area contributed by atoms with Gasteiger partial charge in [0.25, 0.3) is 5.91 Å². The summed E-state index contributed by atoms with van der Waals surface area (Å²) >= 11 is 0. The number of hydrogen-bond acceptors (Lipinski definition) is 12. The highest BCUT2D eigenvalue weighted by Gasteiger charge is 2.35. The van der Waals surface area contributed by atoms with Gasteiger partial charge in [-0.1, -0.05) is 17.7 Å². The minimum atomic E-state index is -0.585. The highest BCUT2D eigenvalue weighted by molar-refractivity contribution is 6.05. The lowest BCUT2D eigenvalue weighted by Crippen LogP contribution is -2.53. The standard InChI is InChI=1S/C27H36N10O3/c1-15-2-4-16(5-3-15)24(40)32-20-7-6-19(11-23(20)39)31-25-33-26(36-13-17(29)10-18(30)14-36)35-27(34-25)37-9-8-22(38)21(37)12-28/h2-7,11,17-18,21-22,38-39H,8-10,12-14,28-30H2,1H3,(H,32,40)(H,31,33,34,35)/t17-,18+,21-,22-/m1/s1. The van der Waals surface area contributed by atoms with E-state index in [9.17, 15) is 15.0 Å². The Morgan fingerprint density at radius 3 is 2.42 bits per heavy atom. The monoisotopic (exact) mass is 548 g/mol. The molecule has 2 fully saturated rings. The van der Waals surface area contributed by atoms with Crippen LogP contribution in [0.2, 0.25) is 0 Å². The molecule has 0 bridgehead atoms. The number of phenols is 1. The smallest absolute Gasteiger partial charge is 0.255 e. The number of carbonyl (C=O) groups is 1. The third kappa shape index (κ3) is 6.07. The second-order valence-electron chi connectivity index (χ2n) is 10.4. The van der Waals surface area contributed by atoms with Gasteiger partial charge in [0.15, 0.2) is 0 Å². The van der Waals surface area contributed by atoms with Crippen molar-refractivity contribution in [2.45, 2.75) is 44.0 Å². The number of anilines is 5.